The summed E-state index contributed by atoms with van der Waals surface area (Å²) in [7, 11) is -1.59. The fourth-order valence-electron chi connectivity index (χ4n) is 7.69. The molecule has 2 aliphatic heterocycles. The molecule has 3 aromatic heterocycles. The van der Waals surface area contributed by atoms with E-state index in [0.717, 1.165) is 53.4 Å². The van der Waals surface area contributed by atoms with Crippen molar-refractivity contribution in [3.8, 4) is 11.3 Å². The first-order valence-electron chi connectivity index (χ1n) is 15.8. The number of rotatable bonds is 3. The summed E-state index contributed by atoms with van der Waals surface area (Å²) < 4.78 is 8.80. The second-order valence-electron chi connectivity index (χ2n) is 14.1. The van der Waals surface area contributed by atoms with Gasteiger partial charge in [-0.15, -0.1) is 0 Å². The highest BCUT2D eigenvalue weighted by molar-refractivity contribution is 6.89. The predicted octanol–water partition coefficient (Wildman–Crippen LogP) is 8.68. The molecule has 0 aliphatic carbocycles. The van der Waals surface area contributed by atoms with Crippen molar-refractivity contribution in [1.82, 2.24) is 4.98 Å². The Hall–Kier alpha value is -3.83. The van der Waals surface area contributed by atoms with Crippen LogP contribution < -0.4 is 9.75 Å². The second-order valence-corrected chi connectivity index (χ2v) is 19.1. The van der Waals surface area contributed by atoms with Gasteiger partial charge in [0.05, 0.1) is 14.5 Å². The van der Waals surface area contributed by atoms with Gasteiger partial charge in [0.1, 0.15) is 5.58 Å². The van der Waals surface area contributed by atoms with Crippen molar-refractivity contribution in [2.24, 2.45) is 10.9 Å². The van der Waals surface area contributed by atoms with Crippen LogP contribution in [0.15, 0.2) is 88.7 Å². The molecule has 5 aromatic rings. The van der Waals surface area contributed by atoms with Gasteiger partial charge in [-0.3, -0.25) is 4.99 Å². The van der Waals surface area contributed by atoms with Crippen LogP contribution in [0.25, 0.3) is 33.3 Å². The zero-order valence-electron chi connectivity index (χ0n) is 26.4. The van der Waals surface area contributed by atoms with Gasteiger partial charge in [0.25, 0.3) is 0 Å². The minimum Gasteiger partial charge on any atom is -0.438 e. The zero-order valence-corrected chi connectivity index (χ0v) is 27.4. The molecule has 0 saturated heterocycles. The Morgan fingerprint density at radius 2 is 1.88 bits per heavy atom. The summed E-state index contributed by atoms with van der Waals surface area (Å²) in [6.45, 7) is 18.8. The first-order valence-corrected chi connectivity index (χ1v) is 19.3. The van der Waals surface area contributed by atoms with Crippen LogP contribution >= 0.6 is 0 Å². The molecule has 0 saturated carbocycles. The first-order chi connectivity index (χ1) is 20.6. The number of pyridine rings is 2. The number of allylic oxidation sites excluding steroid dienone is 1. The van der Waals surface area contributed by atoms with Crippen LogP contribution in [0.4, 0.5) is 0 Å². The van der Waals surface area contributed by atoms with Crippen molar-refractivity contribution in [2.75, 3.05) is 0 Å². The highest BCUT2D eigenvalue weighted by atomic mass is 28.3. The molecule has 0 fully saturated rings. The fraction of sp³-hybridized carbons (Fsp3) is 0.342. The Morgan fingerprint density at radius 3 is 2.67 bits per heavy atom. The van der Waals surface area contributed by atoms with Crippen LogP contribution in [0.5, 0.6) is 0 Å². The van der Waals surface area contributed by atoms with Crippen molar-refractivity contribution in [3.63, 3.8) is 0 Å². The van der Waals surface area contributed by atoms with E-state index in [1.165, 1.54) is 33.5 Å². The summed E-state index contributed by atoms with van der Waals surface area (Å²) in [4.78, 5) is 9.72. The Kier molecular flexibility index (Phi) is 6.77. The lowest BCUT2D eigenvalue weighted by molar-refractivity contribution is -0.717. The van der Waals surface area contributed by atoms with Crippen LogP contribution in [-0.2, 0) is 12.8 Å². The van der Waals surface area contributed by atoms with Gasteiger partial charge in [-0.25, -0.2) is 4.98 Å². The number of nitrogens with zero attached hydrogens (tertiary/aromatic N) is 3. The normalized spacial score (nSPS) is 18.7. The Morgan fingerprint density at radius 1 is 1.07 bits per heavy atom. The number of aryl methyl sites for hydroxylation is 1. The molecule has 2 atom stereocenters. The number of aromatic nitrogens is 2. The average Bonchev–Trinajstić information content (AvgIpc) is 3.34. The van der Waals surface area contributed by atoms with Crippen LogP contribution in [0, 0.1) is 5.92 Å². The average molecular weight is 585 g/mol. The molecule has 5 heterocycles. The molecule has 0 spiro atoms. The molecule has 4 nitrogen and oxygen atoms in total. The minimum atomic E-state index is -1.59. The zero-order chi connectivity index (χ0) is 30.0. The molecule has 0 amide bonds. The summed E-state index contributed by atoms with van der Waals surface area (Å²) in [5, 5.41) is 3.75. The molecule has 5 heteroatoms. The van der Waals surface area contributed by atoms with Crippen molar-refractivity contribution >= 4 is 41.0 Å². The molecule has 0 radical (unpaired) electrons. The molecular formula is C38H42N3OSi+. The van der Waals surface area contributed by atoms with Gasteiger partial charge in [0, 0.05) is 56.7 Å². The lowest BCUT2D eigenvalue weighted by Crippen LogP contribution is -2.54. The highest BCUT2D eigenvalue weighted by Gasteiger charge is 2.42. The summed E-state index contributed by atoms with van der Waals surface area (Å²) in [6, 6.07) is 20.4. The Balaban J connectivity index is 1.42. The van der Waals surface area contributed by atoms with E-state index in [4.69, 9.17) is 9.41 Å². The van der Waals surface area contributed by atoms with E-state index in [1.807, 2.05) is 6.07 Å². The molecule has 2 unspecified atom stereocenters. The summed E-state index contributed by atoms with van der Waals surface area (Å²) in [5.74, 6) is 0.973. The van der Waals surface area contributed by atoms with Crippen molar-refractivity contribution < 1.29 is 8.98 Å². The maximum absolute atomic E-state index is 6.18. The molecule has 43 heavy (non-hydrogen) atoms. The van der Waals surface area contributed by atoms with Crippen LogP contribution in [0.2, 0.25) is 19.6 Å². The molecular weight excluding hydrogens is 543 g/mol. The number of fused-ring (bicyclic) bond motifs is 11. The Labute approximate surface area is 256 Å². The lowest BCUT2D eigenvalue weighted by Gasteiger charge is -2.33. The van der Waals surface area contributed by atoms with Gasteiger partial charge < -0.3 is 4.42 Å². The van der Waals surface area contributed by atoms with Gasteiger partial charge in [-0.05, 0) is 73.1 Å². The van der Waals surface area contributed by atoms with Gasteiger partial charge in [0.15, 0.2) is 12.2 Å². The largest absolute Gasteiger partial charge is 0.438 e. The molecule has 7 rings (SSSR count). The highest BCUT2D eigenvalue weighted by Crippen LogP contribution is 2.44. The number of hydrogen-bond donors (Lipinski definition) is 0. The van der Waals surface area contributed by atoms with E-state index < -0.39 is 8.07 Å². The number of furan rings is 1. The monoisotopic (exact) mass is 584 g/mol. The summed E-state index contributed by atoms with van der Waals surface area (Å²) in [5.41, 5.74) is 11.7. The van der Waals surface area contributed by atoms with Gasteiger partial charge in [-0.1, -0.05) is 64.3 Å². The third-order valence-electron chi connectivity index (χ3n) is 9.46. The molecule has 2 aromatic carbocycles. The topological polar surface area (TPSA) is 42.3 Å². The third-order valence-corrected chi connectivity index (χ3v) is 11.5. The smallest absolute Gasteiger partial charge is 0.227 e. The third kappa shape index (κ3) is 4.78. The van der Waals surface area contributed by atoms with Crippen molar-refractivity contribution in [2.45, 2.75) is 78.1 Å². The molecule has 0 bridgehead atoms. The van der Waals surface area contributed by atoms with E-state index >= 15 is 0 Å². The van der Waals surface area contributed by atoms with E-state index in [-0.39, 0.29) is 6.04 Å². The van der Waals surface area contributed by atoms with Crippen LogP contribution in [0.1, 0.15) is 67.8 Å². The van der Waals surface area contributed by atoms with E-state index in [9.17, 15) is 0 Å². The number of aliphatic imine (C=N–C) groups is 1. The summed E-state index contributed by atoms with van der Waals surface area (Å²) >= 11 is 0. The van der Waals surface area contributed by atoms with E-state index in [1.54, 1.807) is 11.4 Å². The van der Waals surface area contributed by atoms with Crippen LogP contribution in [0.3, 0.4) is 0 Å². The first kappa shape index (κ1) is 28.0. The van der Waals surface area contributed by atoms with Crippen LogP contribution in [-0.4, -0.2) is 18.8 Å². The number of benzene rings is 2. The number of hydrogen-bond acceptors (Lipinski definition) is 3. The molecule has 218 valence electrons. The van der Waals surface area contributed by atoms with E-state index in [2.05, 4.69) is 111 Å². The van der Waals surface area contributed by atoms with Gasteiger partial charge >= 0.3 is 0 Å². The maximum atomic E-state index is 6.18. The summed E-state index contributed by atoms with van der Waals surface area (Å²) in [6.07, 6.45) is 8.30. The van der Waals surface area contributed by atoms with E-state index in [0.29, 0.717) is 17.5 Å². The molecule has 0 N–H and O–H groups in total. The second kappa shape index (κ2) is 10.4. The predicted molar refractivity (Wildman–Crippen MR) is 181 cm³/mol. The lowest BCUT2D eigenvalue weighted by atomic mass is 9.77. The quantitative estimate of drug-likeness (QED) is 0.157. The molecule has 2 aliphatic rings. The fourth-order valence-corrected chi connectivity index (χ4v) is 9.35. The van der Waals surface area contributed by atoms with Gasteiger partial charge in [-0.2, -0.15) is 4.57 Å². The van der Waals surface area contributed by atoms with Gasteiger partial charge in [0.2, 0.25) is 11.4 Å². The standard InChI is InChI=1S/C38H42N3OSi/c1-23(2)19-27-21-33-29-12-9-8-11-28(29)30-16-14-26-15-17-34-37(31-13-10-18-39-38(31)42-34)36(26)25(4)40-24(3)20-32(30)41(33)22-35(27)43(5,6)7/h8-13,15,17-18,21-23,30,32H,3,14,16,19-20H2,1-2,4-7H3/q+1. The Bertz CT molecular complexity index is 1940. The minimum absolute atomic E-state index is 0.265. The maximum Gasteiger partial charge on any atom is 0.227 e. The van der Waals surface area contributed by atoms with Crippen molar-refractivity contribution in [1.29, 1.82) is 0 Å². The SMILES string of the molecule is C=C1CC2C(CCc3ccc4oc5ncccc5c4c3C(C)=N1)c1ccccc1-c1cc(CC(C)C)c([Si](C)(C)C)c[n+]12. The van der Waals surface area contributed by atoms with Crippen molar-refractivity contribution in [3.05, 3.63) is 102 Å².